The summed E-state index contributed by atoms with van der Waals surface area (Å²) in [7, 11) is 0. The summed E-state index contributed by atoms with van der Waals surface area (Å²) in [5.74, 6) is 0.414. The zero-order chi connectivity index (χ0) is 20.6. The number of thioether (sulfide) groups is 1. The number of H-pyrrole nitrogens is 1. The minimum atomic E-state index is -4.55. The Morgan fingerprint density at radius 3 is 2.48 bits per heavy atom. The number of benzene rings is 1. The lowest BCUT2D eigenvalue weighted by Gasteiger charge is -2.43. The molecule has 29 heavy (non-hydrogen) atoms. The minimum Gasteiger partial charge on any atom is -0.378 e. The van der Waals surface area contributed by atoms with E-state index < -0.39 is 23.4 Å². The summed E-state index contributed by atoms with van der Waals surface area (Å²) < 4.78 is 78.9. The second-order valence-corrected chi connectivity index (χ2v) is 9.19. The van der Waals surface area contributed by atoms with Crippen LogP contribution in [0, 0.1) is 17.8 Å². The summed E-state index contributed by atoms with van der Waals surface area (Å²) in [6.07, 6.45) is -0.513. The first-order valence-corrected chi connectivity index (χ1v) is 10.2. The molecule has 2 bridgehead atoms. The van der Waals surface area contributed by atoms with Crippen LogP contribution in [0.5, 0.6) is 0 Å². The van der Waals surface area contributed by atoms with Crippen molar-refractivity contribution >= 4 is 17.4 Å². The van der Waals surface area contributed by atoms with Crippen LogP contribution >= 0.6 is 11.8 Å². The van der Waals surface area contributed by atoms with E-state index in [-0.39, 0.29) is 40.0 Å². The van der Waals surface area contributed by atoms with Crippen molar-refractivity contribution in [3.8, 4) is 0 Å². The summed E-state index contributed by atoms with van der Waals surface area (Å²) in [4.78, 5) is 0.109. The number of hydrogen-bond acceptors (Lipinski definition) is 3. The number of halogens is 6. The molecule has 2 heterocycles. The van der Waals surface area contributed by atoms with Crippen molar-refractivity contribution in [2.75, 3.05) is 5.32 Å². The fourth-order valence-electron chi connectivity index (χ4n) is 5.73. The molecular formula is C19H17F6N3S. The summed E-state index contributed by atoms with van der Waals surface area (Å²) in [5.41, 5.74) is -3.75. The highest BCUT2D eigenvalue weighted by molar-refractivity contribution is 8.00. The van der Waals surface area contributed by atoms with E-state index in [4.69, 9.17) is 0 Å². The number of fused-ring (bicyclic) bond motifs is 7. The molecule has 1 aliphatic heterocycles. The standard InChI is InChI=1S/C19H17F6N3S/c20-18(21,22)17-12(7-26-28-17)16-15-9-2-1-8(5-9)14(15)11-6-10(29-19(23,24)25)3-4-13(11)27-16/h3-4,6-9,14-16,27H,1-2,5H2,(H,26,28)/t8-,9+,14-,15-,16+/m1/s1. The fraction of sp³-hybridized carbons (Fsp3) is 0.526. The van der Waals surface area contributed by atoms with Gasteiger partial charge in [-0.3, -0.25) is 5.10 Å². The van der Waals surface area contributed by atoms with Gasteiger partial charge in [-0.15, -0.1) is 0 Å². The molecule has 0 radical (unpaired) electrons. The molecule has 2 aliphatic carbocycles. The van der Waals surface area contributed by atoms with Crippen molar-refractivity contribution in [3.63, 3.8) is 0 Å². The van der Waals surface area contributed by atoms with Crippen molar-refractivity contribution in [3.05, 3.63) is 41.2 Å². The Bertz CT molecular complexity index is 937. The maximum absolute atomic E-state index is 13.5. The van der Waals surface area contributed by atoms with Gasteiger partial charge >= 0.3 is 11.7 Å². The average Bonchev–Trinajstić information content (AvgIpc) is 3.35. The van der Waals surface area contributed by atoms with E-state index in [9.17, 15) is 26.3 Å². The van der Waals surface area contributed by atoms with Gasteiger partial charge in [-0.05, 0) is 78.5 Å². The van der Waals surface area contributed by atoms with Crippen LogP contribution in [0.15, 0.2) is 29.3 Å². The Hall–Kier alpha value is -1.84. The monoisotopic (exact) mass is 433 g/mol. The third-order valence-electron chi connectivity index (χ3n) is 6.58. The van der Waals surface area contributed by atoms with Crippen molar-refractivity contribution in [2.45, 2.75) is 47.8 Å². The number of anilines is 1. The molecule has 0 amide bonds. The summed E-state index contributed by atoms with van der Waals surface area (Å²) in [5, 5.41) is 8.93. The Balaban J connectivity index is 1.58. The zero-order valence-electron chi connectivity index (χ0n) is 14.9. The highest BCUT2D eigenvalue weighted by atomic mass is 32.2. The van der Waals surface area contributed by atoms with Crippen LogP contribution in [-0.2, 0) is 6.18 Å². The maximum atomic E-state index is 13.5. The minimum absolute atomic E-state index is 0.0419. The van der Waals surface area contributed by atoms with Crippen LogP contribution in [0.25, 0.3) is 0 Å². The SMILES string of the molecule is FC(F)(F)Sc1ccc2c(c1)[C@H]1[C@@H]3CC[C@@H](C3)[C@H]1[C@H](c1cn[nH]c1C(F)(F)F)N2. The molecule has 156 valence electrons. The van der Waals surface area contributed by atoms with Crippen molar-refractivity contribution in [2.24, 2.45) is 17.8 Å². The quantitative estimate of drug-likeness (QED) is 0.429. The van der Waals surface area contributed by atoms with Crippen LogP contribution in [-0.4, -0.2) is 15.7 Å². The van der Waals surface area contributed by atoms with E-state index in [0.29, 0.717) is 11.6 Å². The number of alkyl halides is 6. The van der Waals surface area contributed by atoms with E-state index in [1.54, 1.807) is 12.1 Å². The Kier molecular flexibility index (Phi) is 4.18. The predicted molar refractivity (Wildman–Crippen MR) is 95.4 cm³/mol. The van der Waals surface area contributed by atoms with Crippen LogP contribution in [0.3, 0.4) is 0 Å². The molecule has 5 atom stereocenters. The third-order valence-corrected chi connectivity index (χ3v) is 7.30. The predicted octanol–water partition coefficient (Wildman–Crippen LogP) is 6.34. The van der Waals surface area contributed by atoms with E-state index in [1.807, 2.05) is 0 Å². The summed E-state index contributed by atoms with van der Waals surface area (Å²) in [6, 6.07) is 3.93. The molecule has 2 N–H and O–H groups in total. The number of nitrogens with one attached hydrogen (secondary N) is 2. The molecule has 2 fully saturated rings. The first-order valence-electron chi connectivity index (χ1n) is 9.38. The second kappa shape index (κ2) is 6.33. The Morgan fingerprint density at radius 2 is 1.76 bits per heavy atom. The molecular weight excluding hydrogens is 416 g/mol. The first-order chi connectivity index (χ1) is 13.6. The largest absolute Gasteiger partial charge is 0.446 e. The van der Waals surface area contributed by atoms with Crippen LogP contribution < -0.4 is 5.32 Å². The van der Waals surface area contributed by atoms with E-state index in [2.05, 4.69) is 15.5 Å². The van der Waals surface area contributed by atoms with Crippen LogP contribution in [0.2, 0.25) is 0 Å². The van der Waals surface area contributed by atoms with Gasteiger partial charge in [-0.2, -0.15) is 31.4 Å². The number of nitrogens with zero attached hydrogens (tertiary/aromatic N) is 1. The number of rotatable bonds is 2. The molecule has 0 unspecified atom stereocenters. The molecule has 0 spiro atoms. The lowest BCUT2D eigenvalue weighted by Crippen LogP contribution is -2.36. The van der Waals surface area contributed by atoms with Gasteiger partial charge in [0.1, 0.15) is 5.69 Å². The summed E-state index contributed by atoms with van der Waals surface area (Å²) in [6.45, 7) is 0. The van der Waals surface area contributed by atoms with Gasteiger partial charge in [0.25, 0.3) is 0 Å². The van der Waals surface area contributed by atoms with Crippen LogP contribution in [0.4, 0.5) is 32.0 Å². The van der Waals surface area contributed by atoms with Crippen LogP contribution in [0.1, 0.15) is 48.0 Å². The van der Waals surface area contributed by atoms with Crippen molar-refractivity contribution in [1.29, 1.82) is 0 Å². The van der Waals surface area contributed by atoms with Gasteiger partial charge in [0.15, 0.2) is 0 Å². The molecule has 2 saturated carbocycles. The fourth-order valence-corrected chi connectivity index (χ4v) is 6.32. The van der Waals surface area contributed by atoms with E-state index in [1.165, 1.54) is 12.3 Å². The third kappa shape index (κ3) is 3.19. The van der Waals surface area contributed by atoms with E-state index in [0.717, 1.165) is 24.8 Å². The molecule has 0 saturated heterocycles. The lowest BCUT2D eigenvalue weighted by molar-refractivity contribution is -0.142. The Morgan fingerprint density at radius 1 is 1.00 bits per heavy atom. The number of aromatic amines is 1. The molecule has 1 aromatic heterocycles. The molecule has 1 aromatic carbocycles. The zero-order valence-corrected chi connectivity index (χ0v) is 15.8. The van der Waals surface area contributed by atoms with Crippen molar-refractivity contribution < 1.29 is 26.3 Å². The van der Waals surface area contributed by atoms with Gasteiger partial charge < -0.3 is 5.32 Å². The molecule has 2 aromatic rings. The highest BCUT2D eigenvalue weighted by Gasteiger charge is 2.55. The normalized spacial score (nSPS) is 30.8. The van der Waals surface area contributed by atoms with Gasteiger partial charge in [0.05, 0.1) is 12.2 Å². The van der Waals surface area contributed by atoms with Crippen molar-refractivity contribution in [1.82, 2.24) is 10.2 Å². The highest BCUT2D eigenvalue weighted by Crippen LogP contribution is 2.64. The average molecular weight is 433 g/mol. The molecule has 3 aliphatic rings. The number of aromatic nitrogens is 2. The second-order valence-electron chi connectivity index (χ2n) is 8.05. The van der Waals surface area contributed by atoms with Gasteiger partial charge in [-0.25, -0.2) is 0 Å². The Labute approximate surface area is 166 Å². The molecule has 3 nitrogen and oxygen atoms in total. The summed E-state index contributed by atoms with van der Waals surface area (Å²) >= 11 is -0.159. The van der Waals surface area contributed by atoms with Gasteiger partial charge in [-0.1, -0.05) is 0 Å². The molecule has 10 heteroatoms. The van der Waals surface area contributed by atoms with Gasteiger partial charge in [0, 0.05) is 16.1 Å². The lowest BCUT2D eigenvalue weighted by atomic mass is 9.68. The van der Waals surface area contributed by atoms with Gasteiger partial charge in [0.2, 0.25) is 0 Å². The topological polar surface area (TPSA) is 40.7 Å². The maximum Gasteiger partial charge on any atom is 0.446 e. The smallest absolute Gasteiger partial charge is 0.378 e. The van der Waals surface area contributed by atoms with E-state index >= 15 is 0 Å². The number of hydrogen-bond donors (Lipinski definition) is 2. The molecule has 5 rings (SSSR count). The first kappa shape index (κ1) is 19.1.